The topological polar surface area (TPSA) is 20.3 Å². The lowest BCUT2D eigenvalue weighted by atomic mass is 9.74. The average molecular weight is 471 g/mol. The maximum absolute atomic E-state index is 13.1. The minimum Gasteiger partial charge on any atom is -0.344 e. The van der Waals surface area contributed by atoms with Crippen LogP contribution in [0.15, 0.2) is 54.2 Å². The Hall–Kier alpha value is -1.19. The van der Waals surface area contributed by atoms with E-state index in [1.54, 1.807) is 30.3 Å². The van der Waals surface area contributed by atoms with Crippen LogP contribution in [0, 0.1) is 0 Å². The van der Waals surface area contributed by atoms with E-state index in [4.69, 9.17) is 46.4 Å². The predicted molar refractivity (Wildman–Crippen MR) is 125 cm³/mol. The molecule has 1 aliphatic rings. The second kappa shape index (κ2) is 8.51. The van der Waals surface area contributed by atoms with Gasteiger partial charge >= 0.3 is 0 Å². The molecule has 154 valence electrons. The number of nitrogens with zero attached hydrogens (tertiary/aromatic N) is 1. The Morgan fingerprint density at radius 3 is 2.17 bits per heavy atom. The van der Waals surface area contributed by atoms with Crippen LogP contribution >= 0.6 is 46.4 Å². The first-order chi connectivity index (χ1) is 13.7. The number of likely N-dealkylation sites (N-methyl/N-ethyl adjacent to an activating group) is 1. The third kappa shape index (κ3) is 4.05. The summed E-state index contributed by atoms with van der Waals surface area (Å²) < 4.78 is -1.51. The quantitative estimate of drug-likeness (QED) is 0.252. The number of hydrogen-bond donors (Lipinski definition) is 0. The molecular weight excluding hydrogens is 448 g/mol. The SMILES string of the molecule is CCN1C(=CC(=O)c2ccc(C(Cl)(Cl)Cl)cc2)C(CC)(CC)c2cc(Cl)ccc21. The number of carbonyl (C=O) groups excluding carboxylic acids is 1. The zero-order valence-electron chi connectivity index (χ0n) is 16.6. The molecule has 0 unspecified atom stereocenters. The molecular formula is C23H23Cl4NO. The number of anilines is 1. The molecule has 2 aromatic rings. The van der Waals surface area contributed by atoms with Crippen molar-refractivity contribution in [3.05, 3.63) is 76.0 Å². The lowest BCUT2D eigenvalue weighted by Gasteiger charge is -2.31. The number of ketones is 1. The number of hydrogen-bond acceptors (Lipinski definition) is 2. The van der Waals surface area contributed by atoms with Crippen LogP contribution in [0.25, 0.3) is 0 Å². The molecule has 1 heterocycles. The van der Waals surface area contributed by atoms with E-state index in [1.165, 1.54) is 5.56 Å². The summed E-state index contributed by atoms with van der Waals surface area (Å²) in [5.41, 5.74) is 4.15. The lowest BCUT2D eigenvalue weighted by molar-refractivity contribution is 0.104. The van der Waals surface area contributed by atoms with Crippen LogP contribution < -0.4 is 4.90 Å². The van der Waals surface area contributed by atoms with Gasteiger partial charge in [0.25, 0.3) is 0 Å². The molecule has 2 nitrogen and oxygen atoms in total. The summed E-state index contributed by atoms with van der Waals surface area (Å²) in [4.78, 5) is 15.3. The zero-order valence-corrected chi connectivity index (χ0v) is 19.6. The molecule has 0 fully saturated rings. The highest BCUT2D eigenvalue weighted by Crippen LogP contribution is 2.52. The van der Waals surface area contributed by atoms with Gasteiger partial charge in [0.1, 0.15) is 0 Å². The number of allylic oxidation sites excluding steroid dienone is 2. The van der Waals surface area contributed by atoms with E-state index in [0.29, 0.717) is 16.1 Å². The average Bonchev–Trinajstić information content (AvgIpc) is 2.95. The van der Waals surface area contributed by atoms with Gasteiger partial charge in [-0.05, 0) is 43.5 Å². The van der Waals surface area contributed by atoms with Crippen molar-refractivity contribution in [2.45, 2.75) is 42.8 Å². The molecule has 3 rings (SSSR count). The highest BCUT2D eigenvalue weighted by Gasteiger charge is 2.44. The van der Waals surface area contributed by atoms with E-state index in [0.717, 1.165) is 30.8 Å². The Bertz CT molecular complexity index is 940. The van der Waals surface area contributed by atoms with E-state index >= 15 is 0 Å². The summed E-state index contributed by atoms with van der Waals surface area (Å²) in [6.07, 6.45) is 3.51. The third-order valence-corrected chi connectivity index (χ3v) is 6.72. The predicted octanol–water partition coefficient (Wildman–Crippen LogP) is 7.83. The maximum Gasteiger partial charge on any atom is 0.216 e. The van der Waals surface area contributed by atoms with Crippen LogP contribution in [0.5, 0.6) is 0 Å². The molecule has 0 bridgehead atoms. The summed E-state index contributed by atoms with van der Waals surface area (Å²) in [5, 5.41) is 0.709. The largest absolute Gasteiger partial charge is 0.344 e. The highest BCUT2D eigenvalue weighted by atomic mass is 35.6. The van der Waals surface area contributed by atoms with Gasteiger partial charge in [0, 0.05) is 45.6 Å². The molecule has 6 heteroatoms. The molecule has 0 saturated heterocycles. The van der Waals surface area contributed by atoms with Gasteiger partial charge in [0.2, 0.25) is 3.79 Å². The maximum atomic E-state index is 13.1. The summed E-state index contributed by atoms with van der Waals surface area (Å²) in [7, 11) is 0. The third-order valence-electron chi connectivity index (χ3n) is 5.83. The zero-order chi connectivity index (χ0) is 21.4. The van der Waals surface area contributed by atoms with Crippen molar-refractivity contribution in [2.24, 2.45) is 0 Å². The molecule has 0 radical (unpaired) electrons. The van der Waals surface area contributed by atoms with Crippen molar-refractivity contribution >= 4 is 57.9 Å². The Balaban J connectivity index is 2.07. The van der Waals surface area contributed by atoms with Crippen LogP contribution in [0.3, 0.4) is 0 Å². The molecule has 0 N–H and O–H groups in total. The van der Waals surface area contributed by atoms with E-state index in [9.17, 15) is 4.79 Å². The van der Waals surface area contributed by atoms with E-state index in [2.05, 4.69) is 25.7 Å². The molecule has 1 aliphatic heterocycles. The Kier molecular flexibility index (Phi) is 6.60. The van der Waals surface area contributed by atoms with Gasteiger partial charge in [-0.3, -0.25) is 4.79 Å². The summed E-state index contributed by atoms with van der Waals surface area (Å²) in [6, 6.07) is 12.7. The van der Waals surface area contributed by atoms with Crippen molar-refractivity contribution in [3.63, 3.8) is 0 Å². The number of fused-ring (bicyclic) bond motifs is 1. The normalized spacial score (nSPS) is 16.9. The van der Waals surface area contributed by atoms with Crippen LogP contribution in [0.2, 0.25) is 5.02 Å². The van der Waals surface area contributed by atoms with Crippen LogP contribution in [-0.2, 0) is 9.21 Å². The second-order valence-corrected chi connectivity index (χ2v) is 9.88. The Morgan fingerprint density at radius 1 is 1.03 bits per heavy atom. The van der Waals surface area contributed by atoms with Crippen molar-refractivity contribution < 1.29 is 4.79 Å². The number of benzene rings is 2. The van der Waals surface area contributed by atoms with Gasteiger partial charge in [-0.1, -0.05) is 84.5 Å². The molecule has 0 aromatic heterocycles. The van der Waals surface area contributed by atoms with Crippen molar-refractivity contribution in [1.29, 1.82) is 0 Å². The number of alkyl halides is 3. The standard InChI is InChI=1S/C23H23Cl4NO/c1-4-22(5-2)18-13-17(24)11-12-19(18)28(6-3)21(22)14-20(29)15-7-9-16(10-8-15)23(25,26)27/h7-14H,4-6H2,1-3H3. The van der Waals surface area contributed by atoms with E-state index in [-0.39, 0.29) is 11.2 Å². The van der Waals surface area contributed by atoms with E-state index < -0.39 is 3.79 Å². The van der Waals surface area contributed by atoms with Gasteiger partial charge < -0.3 is 4.90 Å². The van der Waals surface area contributed by atoms with Gasteiger partial charge in [-0.25, -0.2) is 0 Å². The first kappa shape index (κ1) is 22.5. The van der Waals surface area contributed by atoms with Crippen molar-refractivity contribution in [1.82, 2.24) is 0 Å². The lowest BCUT2D eigenvalue weighted by Crippen LogP contribution is -2.31. The van der Waals surface area contributed by atoms with Crippen LogP contribution in [0.4, 0.5) is 5.69 Å². The van der Waals surface area contributed by atoms with Crippen LogP contribution in [-0.4, -0.2) is 12.3 Å². The van der Waals surface area contributed by atoms with Crippen LogP contribution in [0.1, 0.15) is 55.1 Å². The first-order valence-electron chi connectivity index (χ1n) is 9.69. The van der Waals surface area contributed by atoms with Gasteiger partial charge in [0.15, 0.2) is 5.78 Å². The molecule has 0 amide bonds. The highest BCUT2D eigenvalue weighted by molar-refractivity contribution is 6.66. The van der Waals surface area contributed by atoms with Gasteiger partial charge in [-0.15, -0.1) is 0 Å². The number of halogens is 4. The summed E-state index contributed by atoms with van der Waals surface area (Å²) in [5.74, 6) is -0.0699. The summed E-state index contributed by atoms with van der Waals surface area (Å²) in [6.45, 7) is 7.17. The molecule has 0 aliphatic carbocycles. The monoisotopic (exact) mass is 469 g/mol. The number of carbonyl (C=O) groups is 1. The minimum absolute atomic E-state index is 0.0699. The second-order valence-electron chi connectivity index (χ2n) is 7.16. The molecule has 0 spiro atoms. The number of rotatable bonds is 5. The van der Waals surface area contributed by atoms with Gasteiger partial charge in [-0.2, -0.15) is 0 Å². The fraction of sp³-hybridized carbons (Fsp3) is 0.348. The first-order valence-corrected chi connectivity index (χ1v) is 11.2. The smallest absolute Gasteiger partial charge is 0.216 e. The van der Waals surface area contributed by atoms with Gasteiger partial charge in [0.05, 0.1) is 0 Å². The molecule has 0 saturated carbocycles. The fourth-order valence-electron chi connectivity index (χ4n) is 4.23. The Morgan fingerprint density at radius 2 is 1.66 bits per heavy atom. The molecule has 0 atom stereocenters. The molecule has 29 heavy (non-hydrogen) atoms. The summed E-state index contributed by atoms with van der Waals surface area (Å²) >= 11 is 24.1. The minimum atomic E-state index is -1.51. The van der Waals surface area contributed by atoms with Crippen molar-refractivity contribution in [2.75, 3.05) is 11.4 Å². The fourth-order valence-corrected chi connectivity index (χ4v) is 4.78. The van der Waals surface area contributed by atoms with Crippen molar-refractivity contribution in [3.8, 4) is 0 Å². The molecule has 2 aromatic carbocycles. The van der Waals surface area contributed by atoms with E-state index in [1.807, 2.05) is 18.2 Å². The Labute approximate surface area is 192 Å².